The van der Waals surface area contributed by atoms with Gasteiger partial charge in [0.1, 0.15) is 0 Å². The molecule has 2 heteroatoms. The van der Waals surface area contributed by atoms with Crippen LogP contribution in [0.15, 0.2) is 12.2 Å². The van der Waals surface area contributed by atoms with E-state index in [0.717, 1.165) is 44.9 Å². The zero-order valence-electron chi connectivity index (χ0n) is 9.71. The summed E-state index contributed by atoms with van der Waals surface area (Å²) in [5.41, 5.74) is 0. The highest BCUT2D eigenvalue weighted by Gasteiger charge is 2.19. The molecular weight excluding hydrogens is 188 g/mol. The minimum atomic E-state index is 0.0266. The Morgan fingerprint density at radius 3 is 2.93 bits per heavy atom. The summed E-state index contributed by atoms with van der Waals surface area (Å²) >= 11 is 0. The Bertz CT molecular complexity index is 209. The van der Waals surface area contributed by atoms with Crippen LogP contribution in [-0.4, -0.2) is 12.6 Å². The first kappa shape index (κ1) is 12.3. The van der Waals surface area contributed by atoms with Crippen molar-refractivity contribution in [2.75, 3.05) is 6.61 Å². The third kappa shape index (κ3) is 5.01. The summed E-state index contributed by atoms with van der Waals surface area (Å²) in [5.74, 6) is 0.172. The molecule has 1 rings (SSSR count). The Morgan fingerprint density at radius 1 is 1.33 bits per heavy atom. The van der Waals surface area contributed by atoms with Gasteiger partial charge < -0.3 is 4.74 Å². The van der Waals surface area contributed by atoms with Crippen molar-refractivity contribution in [3.63, 3.8) is 0 Å². The fourth-order valence-corrected chi connectivity index (χ4v) is 1.83. The van der Waals surface area contributed by atoms with E-state index in [9.17, 15) is 4.79 Å². The number of allylic oxidation sites excluding steroid dienone is 2. The van der Waals surface area contributed by atoms with Gasteiger partial charge in [0.25, 0.3) is 0 Å². The molecule has 0 aromatic heterocycles. The summed E-state index contributed by atoms with van der Waals surface area (Å²) in [6.45, 7) is 2.70. The Balaban J connectivity index is 2.27. The van der Waals surface area contributed by atoms with Crippen LogP contribution in [0.1, 0.15) is 51.9 Å². The minimum Gasteiger partial charge on any atom is -0.465 e. The van der Waals surface area contributed by atoms with Crippen molar-refractivity contribution in [2.24, 2.45) is 5.92 Å². The maximum atomic E-state index is 11.7. The Kier molecular flexibility index (Phi) is 6.14. The van der Waals surface area contributed by atoms with Crippen molar-refractivity contribution in [2.45, 2.75) is 51.9 Å². The number of hydrogen-bond acceptors (Lipinski definition) is 2. The number of hydrogen-bond donors (Lipinski definition) is 0. The number of carbonyl (C=O) groups excluding carboxylic acids is 1. The summed E-state index contributed by atoms with van der Waals surface area (Å²) in [7, 11) is 0. The predicted molar refractivity (Wildman–Crippen MR) is 61.6 cm³/mol. The van der Waals surface area contributed by atoms with Gasteiger partial charge in [0.05, 0.1) is 12.5 Å². The quantitative estimate of drug-likeness (QED) is 0.403. The van der Waals surface area contributed by atoms with E-state index in [-0.39, 0.29) is 11.9 Å². The van der Waals surface area contributed by atoms with Crippen LogP contribution < -0.4 is 0 Å². The topological polar surface area (TPSA) is 26.3 Å². The Morgan fingerprint density at radius 2 is 2.13 bits per heavy atom. The molecule has 0 bridgehead atoms. The number of ether oxygens (including phenoxy) is 1. The Hall–Kier alpha value is -0.790. The second-order valence-electron chi connectivity index (χ2n) is 4.20. The Labute approximate surface area is 92.7 Å². The second kappa shape index (κ2) is 7.49. The van der Waals surface area contributed by atoms with Gasteiger partial charge in [-0.05, 0) is 38.5 Å². The lowest BCUT2D eigenvalue weighted by Gasteiger charge is -2.16. The molecule has 0 amide bonds. The van der Waals surface area contributed by atoms with Gasteiger partial charge in [-0.1, -0.05) is 25.5 Å². The standard InChI is InChI=1S/C13H22O2/c1-2-3-11-15-13(14)12-9-7-5-4-6-8-10-12/h4-5,12H,2-3,6-11H2,1H3/t12-/m0/s1. The SMILES string of the molecule is CCCCOC(=O)[C@H]1CCC=CCCC1. The van der Waals surface area contributed by atoms with Crippen LogP contribution in [0.4, 0.5) is 0 Å². The molecule has 0 heterocycles. The van der Waals surface area contributed by atoms with Crippen LogP contribution in [0.2, 0.25) is 0 Å². The van der Waals surface area contributed by atoms with Crippen LogP contribution in [0, 0.1) is 5.92 Å². The van der Waals surface area contributed by atoms with Gasteiger partial charge in [0.2, 0.25) is 0 Å². The van der Waals surface area contributed by atoms with Gasteiger partial charge in [0.15, 0.2) is 0 Å². The lowest BCUT2D eigenvalue weighted by molar-refractivity contribution is -0.149. The fraction of sp³-hybridized carbons (Fsp3) is 0.769. The first-order valence-corrected chi connectivity index (χ1v) is 6.16. The molecule has 0 unspecified atom stereocenters. The van der Waals surface area contributed by atoms with E-state index < -0.39 is 0 Å². The molecule has 0 aromatic rings. The molecule has 0 aromatic carbocycles. The van der Waals surface area contributed by atoms with Gasteiger partial charge in [-0.2, -0.15) is 0 Å². The summed E-state index contributed by atoms with van der Waals surface area (Å²) in [6, 6.07) is 0. The van der Waals surface area contributed by atoms with Crippen molar-refractivity contribution < 1.29 is 9.53 Å². The molecule has 0 saturated carbocycles. The fourth-order valence-electron chi connectivity index (χ4n) is 1.83. The van der Waals surface area contributed by atoms with E-state index in [1.54, 1.807) is 0 Å². The van der Waals surface area contributed by atoms with Crippen molar-refractivity contribution in [3.8, 4) is 0 Å². The first-order chi connectivity index (χ1) is 7.34. The van der Waals surface area contributed by atoms with E-state index in [0.29, 0.717) is 6.61 Å². The predicted octanol–water partition coefficient (Wildman–Crippen LogP) is 3.47. The number of unbranched alkanes of at least 4 members (excludes halogenated alkanes) is 1. The third-order valence-corrected chi connectivity index (χ3v) is 2.85. The average molecular weight is 210 g/mol. The van der Waals surface area contributed by atoms with Gasteiger partial charge in [0, 0.05) is 0 Å². The molecule has 0 aliphatic heterocycles. The average Bonchev–Trinajstić information content (AvgIpc) is 2.17. The lowest BCUT2D eigenvalue weighted by Crippen LogP contribution is -2.18. The van der Waals surface area contributed by atoms with E-state index in [2.05, 4.69) is 19.1 Å². The molecular formula is C13H22O2. The maximum absolute atomic E-state index is 11.7. The van der Waals surface area contributed by atoms with E-state index in [4.69, 9.17) is 4.74 Å². The summed E-state index contributed by atoms with van der Waals surface area (Å²) in [4.78, 5) is 11.7. The molecule has 0 radical (unpaired) electrons. The van der Waals surface area contributed by atoms with Crippen molar-refractivity contribution in [1.82, 2.24) is 0 Å². The monoisotopic (exact) mass is 210 g/mol. The van der Waals surface area contributed by atoms with Crippen LogP contribution in [-0.2, 0) is 9.53 Å². The molecule has 1 atom stereocenters. The number of esters is 1. The maximum Gasteiger partial charge on any atom is 0.308 e. The summed E-state index contributed by atoms with van der Waals surface area (Å²) in [5, 5.41) is 0. The molecule has 86 valence electrons. The van der Waals surface area contributed by atoms with Gasteiger partial charge in [-0.3, -0.25) is 4.79 Å². The summed E-state index contributed by atoms with van der Waals surface area (Å²) < 4.78 is 5.26. The summed E-state index contributed by atoms with van der Waals surface area (Å²) in [6.07, 6.45) is 11.7. The third-order valence-electron chi connectivity index (χ3n) is 2.85. The molecule has 0 spiro atoms. The molecule has 1 aliphatic rings. The largest absolute Gasteiger partial charge is 0.465 e. The molecule has 2 nitrogen and oxygen atoms in total. The van der Waals surface area contributed by atoms with Crippen molar-refractivity contribution >= 4 is 5.97 Å². The molecule has 0 fully saturated rings. The lowest BCUT2D eigenvalue weighted by atomic mass is 9.94. The highest BCUT2D eigenvalue weighted by atomic mass is 16.5. The van der Waals surface area contributed by atoms with Crippen LogP contribution in [0.25, 0.3) is 0 Å². The van der Waals surface area contributed by atoms with Crippen LogP contribution in [0.5, 0.6) is 0 Å². The van der Waals surface area contributed by atoms with Gasteiger partial charge in [-0.15, -0.1) is 0 Å². The number of carbonyl (C=O) groups is 1. The number of rotatable bonds is 4. The normalized spacial score (nSPS) is 21.8. The molecule has 0 N–H and O–H groups in total. The molecule has 1 aliphatic carbocycles. The minimum absolute atomic E-state index is 0.0266. The highest BCUT2D eigenvalue weighted by molar-refractivity contribution is 5.72. The molecule has 0 saturated heterocycles. The van der Waals surface area contributed by atoms with Crippen molar-refractivity contribution in [3.05, 3.63) is 12.2 Å². The van der Waals surface area contributed by atoms with E-state index in [1.165, 1.54) is 0 Å². The zero-order valence-corrected chi connectivity index (χ0v) is 9.71. The molecule has 15 heavy (non-hydrogen) atoms. The van der Waals surface area contributed by atoms with E-state index >= 15 is 0 Å². The van der Waals surface area contributed by atoms with Crippen LogP contribution in [0.3, 0.4) is 0 Å². The zero-order chi connectivity index (χ0) is 10.9. The van der Waals surface area contributed by atoms with Gasteiger partial charge >= 0.3 is 5.97 Å². The van der Waals surface area contributed by atoms with Crippen molar-refractivity contribution in [1.29, 1.82) is 0 Å². The van der Waals surface area contributed by atoms with E-state index in [1.807, 2.05) is 0 Å². The van der Waals surface area contributed by atoms with Gasteiger partial charge in [-0.25, -0.2) is 0 Å². The first-order valence-electron chi connectivity index (χ1n) is 6.16. The second-order valence-corrected chi connectivity index (χ2v) is 4.20. The van der Waals surface area contributed by atoms with Crippen LogP contribution >= 0.6 is 0 Å². The smallest absolute Gasteiger partial charge is 0.308 e. The highest BCUT2D eigenvalue weighted by Crippen LogP contribution is 2.20.